The Labute approximate surface area is 173 Å². The third-order valence-corrected chi connectivity index (χ3v) is 5.05. The lowest BCUT2D eigenvalue weighted by Crippen LogP contribution is -2.33. The van der Waals surface area contributed by atoms with E-state index in [1.165, 1.54) is 10.9 Å². The topological polar surface area (TPSA) is 164 Å². The van der Waals surface area contributed by atoms with Crippen LogP contribution in [0, 0.1) is 0 Å². The zero-order valence-electron chi connectivity index (χ0n) is 14.9. The molecule has 0 unspecified atom stereocenters. The highest BCUT2D eigenvalue weighted by atomic mass is 79.9. The molecule has 11 nitrogen and oxygen atoms in total. The molecule has 0 amide bonds. The van der Waals surface area contributed by atoms with E-state index >= 15 is 0 Å². The minimum atomic E-state index is -1.32. The molecule has 1 saturated heterocycles. The van der Waals surface area contributed by atoms with Gasteiger partial charge in [0, 0.05) is 4.47 Å². The number of benzene rings is 1. The smallest absolute Gasteiger partial charge is 0.228 e. The number of nitrogens with one attached hydrogen (secondary N) is 1. The van der Waals surface area contributed by atoms with Gasteiger partial charge >= 0.3 is 0 Å². The van der Waals surface area contributed by atoms with Crippen LogP contribution in [0.3, 0.4) is 0 Å². The lowest BCUT2D eigenvalue weighted by atomic mass is 10.1. The summed E-state index contributed by atoms with van der Waals surface area (Å²) in [6.45, 7) is -0.455. The van der Waals surface area contributed by atoms with E-state index in [1.54, 1.807) is 6.21 Å². The molecule has 152 valence electrons. The largest absolute Gasteiger partial charge is 0.394 e. The van der Waals surface area contributed by atoms with Crippen molar-refractivity contribution in [1.82, 2.24) is 19.5 Å². The fraction of sp³-hybridized carbons (Fsp3) is 0.294. The fourth-order valence-electron chi connectivity index (χ4n) is 3.05. The van der Waals surface area contributed by atoms with Crippen LogP contribution < -0.4 is 11.2 Å². The SMILES string of the molecule is Nc1ncnc2c1nc(N/N=C/c1ccc(Br)cc1)n2[C@@H]1O[C@H](CO)[C@@H](O)[C@@H]1O. The summed E-state index contributed by atoms with van der Waals surface area (Å²) in [7, 11) is 0. The Kier molecular flexibility index (Phi) is 5.43. The minimum Gasteiger partial charge on any atom is -0.394 e. The second kappa shape index (κ2) is 8.00. The van der Waals surface area contributed by atoms with Crippen LogP contribution in [0.1, 0.15) is 11.8 Å². The van der Waals surface area contributed by atoms with Gasteiger partial charge in [0.2, 0.25) is 5.95 Å². The van der Waals surface area contributed by atoms with Crippen molar-refractivity contribution in [3.63, 3.8) is 0 Å². The maximum atomic E-state index is 10.4. The Morgan fingerprint density at radius 1 is 1.24 bits per heavy atom. The van der Waals surface area contributed by atoms with Crippen LogP contribution in [0.4, 0.5) is 11.8 Å². The predicted octanol–water partition coefficient (Wildman–Crippen LogP) is 0.228. The van der Waals surface area contributed by atoms with Crippen LogP contribution in [0.5, 0.6) is 0 Å². The Morgan fingerprint density at radius 3 is 2.69 bits per heavy atom. The number of anilines is 2. The Morgan fingerprint density at radius 2 is 2.00 bits per heavy atom. The van der Waals surface area contributed by atoms with Gasteiger partial charge in [-0.05, 0) is 17.7 Å². The highest BCUT2D eigenvalue weighted by Crippen LogP contribution is 2.35. The summed E-state index contributed by atoms with van der Waals surface area (Å²) in [4.78, 5) is 12.4. The van der Waals surface area contributed by atoms with Gasteiger partial charge in [-0.3, -0.25) is 4.57 Å². The number of hydrazone groups is 1. The van der Waals surface area contributed by atoms with Gasteiger partial charge in [0.05, 0.1) is 12.8 Å². The number of aromatic nitrogens is 4. The number of nitrogens with two attached hydrogens (primary N) is 1. The molecule has 6 N–H and O–H groups in total. The highest BCUT2D eigenvalue weighted by molar-refractivity contribution is 9.10. The maximum absolute atomic E-state index is 10.4. The summed E-state index contributed by atoms with van der Waals surface area (Å²) in [6.07, 6.45) is -1.77. The number of halogens is 1. The molecule has 3 heterocycles. The van der Waals surface area contributed by atoms with E-state index in [1.807, 2.05) is 24.3 Å². The summed E-state index contributed by atoms with van der Waals surface area (Å²) >= 11 is 3.37. The second-order valence-corrected chi connectivity index (χ2v) is 7.30. The number of nitrogens with zero attached hydrogens (tertiary/aromatic N) is 5. The summed E-state index contributed by atoms with van der Waals surface area (Å²) < 4.78 is 7.99. The summed E-state index contributed by atoms with van der Waals surface area (Å²) in [5.74, 6) is 0.316. The molecule has 0 saturated carbocycles. The lowest BCUT2D eigenvalue weighted by Gasteiger charge is -2.18. The average Bonchev–Trinajstić information content (AvgIpc) is 3.22. The first kappa shape index (κ1) is 19.7. The first-order chi connectivity index (χ1) is 14.0. The second-order valence-electron chi connectivity index (χ2n) is 6.39. The Hall–Kier alpha value is -2.64. The van der Waals surface area contributed by atoms with Gasteiger partial charge < -0.3 is 25.8 Å². The van der Waals surface area contributed by atoms with Crippen molar-refractivity contribution < 1.29 is 20.1 Å². The van der Waals surface area contributed by atoms with Crippen molar-refractivity contribution in [2.24, 2.45) is 5.10 Å². The van der Waals surface area contributed by atoms with Gasteiger partial charge in [0.1, 0.15) is 24.6 Å². The zero-order chi connectivity index (χ0) is 20.5. The zero-order valence-corrected chi connectivity index (χ0v) is 16.5. The van der Waals surface area contributed by atoms with Gasteiger partial charge in [0.15, 0.2) is 23.2 Å². The lowest BCUT2D eigenvalue weighted by molar-refractivity contribution is -0.0501. The van der Waals surface area contributed by atoms with Crippen molar-refractivity contribution in [2.45, 2.75) is 24.5 Å². The number of ether oxygens (including phenoxy) is 1. The molecule has 1 fully saturated rings. The number of aliphatic hydroxyl groups excluding tert-OH is 3. The van der Waals surface area contributed by atoms with Gasteiger partial charge in [-0.1, -0.05) is 28.1 Å². The van der Waals surface area contributed by atoms with Crippen molar-refractivity contribution in [1.29, 1.82) is 0 Å². The molecule has 3 aromatic rings. The summed E-state index contributed by atoms with van der Waals surface area (Å²) in [5, 5.41) is 34.1. The highest BCUT2D eigenvalue weighted by Gasteiger charge is 2.45. The molecule has 0 radical (unpaired) electrons. The number of hydrogen-bond donors (Lipinski definition) is 5. The van der Waals surface area contributed by atoms with Crippen LogP contribution in [0.15, 0.2) is 40.2 Å². The summed E-state index contributed by atoms with van der Waals surface area (Å²) in [6, 6.07) is 7.50. The normalized spacial score (nSPS) is 24.6. The summed E-state index contributed by atoms with van der Waals surface area (Å²) in [5.41, 5.74) is 10.1. The Bertz CT molecular complexity index is 1040. The molecule has 4 atom stereocenters. The monoisotopic (exact) mass is 463 g/mol. The van der Waals surface area contributed by atoms with Gasteiger partial charge in [-0.2, -0.15) is 5.10 Å². The third kappa shape index (κ3) is 3.68. The van der Waals surface area contributed by atoms with E-state index in [2.05, 4.69) is 41.4 Å². The van der Waals surface area contributed by atoms with Crippen LogP contribution in [-0.4, -0.2) is 66.0 Å². The van der Waals surface area contributed by atoms with E-state index in [0.29, 0.717) is 0 Å². The van der Waals surface area contributed by atoms with Gasteiger partial charge in [-0.25, -0.2) is 20.4 Å². The van der Waals surface area contributed by atoms with E-state index in [9.17, 15) is 15.3 Å². The third-order valence-electron chi connectivity index (χ3n) is 4.53. The fourth-order valence-corrected chi connectivity index (χ4v) is 3.32. The molecule has 0 spiro atoms. The Balaban J connectivity index is 1.71. The first-order valence-corrected chi connectivity index (χ1v) is 9.44. The standard InChI is InChI=1S/C17H18BrN7O4/c18-9-3-1-8(2-4-9)5-22-24-17-23-11-14(19)20-7-21-15(11)25(17)16-13(28)12(27)10(6-26)29-16/h1-5,7,10,12-13,16,26-28H,6H2,(H,23,24)(H2,19,20,21)/b22-5+/t10-,12-,13+,16-/m1/s1. The van der Waals surface area contributed by atoms with Crippen molar-refractivity contribution in [2.75, 3.05) is 17.8 Å². The molecular formula is C17H18BrN7O4. The molecule has 29 heavy (non-hydrogen) atoms. The number of fused-ring (bicyclic) bond motifs is 1. The molecule has 2 aromatic heterocycles. The van der Waals surface area contributed by atoms with E-state index in [0.717, 1.165) is 10.0 Å². The predicted molar refractivity (Wildman–Crippen MR) is 108 cm³/mol. The molecule has 0 aliphatic carbocycles. The number of rotatable bonds is 5. The van der Waals surface area contributed by atoms with Gasteiger partial charge in [-0.15, -0.1) is 0 Å². The number of aliphatic hydroxyl groups is 3. The van der Waals surface area contributed by atoms with Crippen molar-refractivity contribution >= 4 is 45.1 Å². The maximum Gasteiger partial charge on any atom is 0.228 e. The molecule has 1 aromatic carbocycles. The van der Waals surface area contributed by atoms with E-state index < -0.39 is 31.1 Å². The van der Waals surface area contributed by atoms with Gasteiger partial charge in [0.25, 0.3) is 0 Å². The molecule has 4 rings (SSSR count). The van der Waals surface area contributed by atoms with Crippen LogP contribution in [-0.2, 0) is 4.74 Å². The van der Waals surface area contributed by atoms with Crippen LogP contribution in [0.2, 0.25) is 0 Å². The molecular weight excluding hydrogens is 446 g/mol. The quantitative estimate of drug-likeness (QED) is 0.263. The first-order valence-electron chi connectivity index (χ1n) is 8.65. The number of nitrogen functional groups attached to an aromatic ring is 1. The van der Waals surface area contributed by atoms with E-state index in [-0.39, 0.29) is 22.9 Å². The van der Waals surface area contributed by atoms with Crippen molar-refractivity contribution in [3.8, 4) is 0 Å². The number of imidazole rings is 1. The van der Waals surface area contributed by atoms with Crippen LogP contribution >= 0.6 is 15.9 Å². The number of hydrogen-bond acceptors (Lipinski definition) is 10. The average molecular weight is 464 g/mol. The molecule has 0 bridgehead atoms. The molecule has 1 aliphatic heterocycles. The van der Waals surface area contributed by atoms with Crippen molar-refractivity contribution in [3.05, 3.63) is 40.6 Å². The van der Waals surface area contributed by atoms with Crippen LogP contribution in [0.25, 0.3) is 11.2 Å². The minimum absolute atomic E-state index is 0.139. The molecule has 1 aliphatic rings. The molecule has 12 heteroatoms. The van der Waals surface area contributed by atoms with E-state index in [4.69, 9.17) is 10.5 Å².